The van der Waals surface area contributed by atoms with Crippen LogP contribution in [0.15, 0.2) is 170 Å². The quantitative estimate of drug-likeness (QED) is 0.100. The highest BCUT2D eigenvalue weighted by molar-refractivity contribution is 5.76. The molecule has 0 saturated carbocycles. The van der Waals surface area contributed by atoms with Crippen LogP contribution in [-0.4, -0.2) is 66.9 Å². The van der Waals surface area contributed by atoms with Crippen molar-refractivity contribution in [3.63, 3.8) is 0 Å². The SMILES string of the molecule is CN(CCN(C)c1ccc(/C=C/c2cccc[n+]2C)cc1)c1ccc(/C=C/c2cccc[n+]2C)cc1.CN(CCN(C)c1ccc(C=O)cc1)c1ccc(C=O)cc1.Cc1cccc[n+]1C.[Cl-].[Cl-].[Cl-]. The Bertz CT molecular complexity index is 2460. The molecule has 4 aromatic carbocycles. The van der Waals surface area contributed by atoms with E-state index in [9.17, 15) is 9.59 Å². The first kappa shape index (κ1) is 58.3. The van der Waals surface area contributed by atoms with Crippen LogP contribution >= 0.6 is 0 Å². The third kappa shape index (κ3) is 19.0. The average molecular weight is 988 g/mol. The maximum atomic E-state index is 10.7. The van der Waals surface area contributed by atoms with Crippen LogP contribution in [0.3, 0.4) is 0 Å². The summed E-state index contributed by atoms with van der Waals surface area (Å²) >= 11 is 0. The van der Waals surface area contributed by atoms with Gasteiger partial charge in [-0.1, -0.05) is 30.3 Å². The highest BCUT2D eigenvalue weighted by Gasteiger charge is 2.08. The van der Waals surface area contributed by atoms with Crippen LogP contribution < -0.4 is 70.5 Å². The van der Waals surface area contributed by atoms with Gasteiger partial charge in [0.15, 0.2) is 24.3 Å². The van der Waals surface area contributed by atoms with Crippen molar-refractivity contribution < 1.29 is 60.5 Å². The first-order valence-corrected chi connectivity index (χ1v) is 22.3. The smallest absolute Gasteiger partial charge is 0.204 e. The summed E-state index contributed by atoms with van der Waals surface area (Å²) in [6, 6.07) is 51.1. The molecule has 0 aliphatic heterocycles. The lowest BCUT2D eigenvalue weighted by molar-refractivity contribution is -0.677. The topological polar surface area (TPSA) is 58.7 Å². The van der Waals surface area contributed by atoms with Gasteiger partial charge in [0.2, 0.25) is 11.4 Å². The number of carbonyl (C=O) groups excluding carboxylic acids is 2. The monoisotopic (exact) mass is 985 g/mol. The van der Waals surface area contributed by atoms with E-state index in [1.54, 1.807) is 0 Å². The van der Waals surface area contributed by atoms with Crippen molar-refractivity contribution in [1.29, 1.82) is 0 Å². The standard InChI is InChI=1S/C32H36N4.C18H20N2O2.C7H10N.3ClH/c1-33-23-7-5-9-29(33)17-11-27-13-19-31(20-14-27)35(3)25-26-36(4)32-21-15-28(16-22-32)12-18-30-10-6-8-24-34(30)2;1-19(17-7-3-15(13-21)4-8-17)11-12-20(2)18-9-5-16(14-22)6-10-18;1-7-5-3-4-6-8(7)2;;;/h5-24H,25-26H2,1-4H3;3-10,13-14H,11-12H2,1-2H3;3-6H,1-2H3;3*1H/q+2;;+1;;;/p-3. The lowest BCUT2D eigenvalue weighted by Gasteiger charge is -2.25. The predicted molar refractivity (Wildman–Crippen MR) is 275 cm³/mol. The molecule has 0 aliphatic carbocycles. The first-order valence-electron chi connectivity index (χ1n) is 22.3. The molecular formula is C57H66Cl3N7O2. The highest BCUT2D eigenvalue weighted by Crippen LogP contribution is 2.19. The summed E-state index contributed by atoms with van der Waals surface area (Å²) in [5.74, 6) is 0. The molecule has 0 bridgehead atoms. The maximum absolute atomic E-state index is 10.7. The van der Waals surface area contributed by atoms with E-state index in [1.165, 1.54) is 39.6 Å². The van der Waals surface area contributed by atoms with Gasteiger partial charge in [0.05, 0.1) is 0 Å². The van der Waals surface area contributed by atoms with Gasteiger partial charge in [0.25, 0.3) is 0 Å². The number of anilines is 4. The number of hydrogen-bond donors (Lipinski definition) is 0. The van der Waals surface area contributed by atoms with E-state index in [2.05, 4.69) is 184 Å². The molecule has 362 valence electrons. The minimum Gasteiger partial charge on any atom is -1.00 e. The van der Waals surface area contributed by atoms with Crippen molar-refractivity contribution in [1.82, 2.24) is 0 Å². The number of aldehydes is 2. The molecular weight excluding hydrogens is 921 g/mol. The van der Waals surface area contributed by atoms with E-state index >= 15 is 0 Å². The molecule has 69 heavy (non-hydrogen) atoms. The Labute approximate surface area is 429 Å². The first-order chi connectivity index (χ1) is 31.9. The number of carbonyl (C=O) groups is 2. The molecule has 0 N–H and O–H groups in total. The summed E-state index contributed by atoms with van der Waals surface area (Å²) in [4.78, 5) is 30.2. The van der Waals surface area contributed by atoms with Crippen molar-refractivity contribution in [2.45, 2.75) is 6.92 Å². The van der Waals surface area contributed by atoms with Crippen LogP contribution in [0.2, 0.25) is 0 Å². The Hall–Kier alpha value is -6.78. The van der Waals surface area contributed by atoms with Gasteiger partial charge in [-0.15, -0.1) is 0 Å². The molecule has 7 rings (SSSR count). The fraction of sp³-hybridized carbons (Fsp3) is 0.211. The summed E-state index contributed by atoms with van der Waals surface area (Å²) < 4.78 is 6.31. The number of aryl methyl sites for hydroxylation is 4. The summed E-state index contributed by atoms with van der Waals surface area (Å²) in [6.07, 6.45) is 16.5. The van der Waals surface area contributed by atoms with Gasteiger partial charge in [0.1, 0.15) is 33.7 Å². The van der Waals surface area contributed by atoms with Gasteiger partial charge < -0.3 is 56.8 Å². The Balaban J connectivity index is 0.000000421. The zero-order valence-corrected chi connectivity index (χ0v) is 43.3. The van der Waals surface area contributed by atoms with Gasteiger partial charge in [0, 0.05) is 144 Å². The van der Waals surface area contributed by atoms with E-state index in [0.29, 0.717) is 11.1 Å². The molecule has 0 saturated heterocycles. The Morgan fingerprint density at radius 3 is 0.884 bits per heavy atom. The van der Waals surface area contributed by atoms with Gasteiger partial charge in [-0.25, -0.2) is 13.7 Å². The van der Waals surface area contributed by atoms with E-state index in [4.69, 9.17) is 0 Å². The highest BCUT2D eigenvalue weighted by atomic mass is 35.5. The minimum absolute atomic E-state index is 0. The summed E-state index contributed by atoms with van der Waals surface area (Å²) in [6.45, 7) is 5.67. The second-order valence-electron chi connectivity index (χ2n) is 16.4. The number of aromatic nitrogens is 3. The molecule has 0 radical (unpaired) electrons. The molecule has 12 heteroatoms. The largest absolute Gasteiger partial charge is 1.00 e. The molecule has 3 aromatic heterocycles. The van der Waals surface area contributed by atoms with Crippen molar-refractivity contribution in [2.75, 3.05) is 74.0 Å². The van der Waals surface area contributed by atoms with Crippen LogP contribution in [-0.2, 0) is 21.1 Å². The van der Waals surface area contributed by atoms with Crippen molar-refractivity contribution in [2.24, 2.45) is 21.1 Å². The third-order valence-electron chi connectivity index (χ3n) is 11.5. The molecule has 7 aromatic rings. The molecule has 0 atom stereocenters. The predicted octanol–water partition coefficient (Wildman–Crippen LogP) is -0.0353. The molecule has 9 nitrogen and oxygen atoms in total. The fourth-order valence-electron chi connectivity index (χ4n) is 6.80. The number of rotatable bonds is 16. The van der Waals surface area contributed by atoms with E-state index in [0.717, 1.165) is 50.1 Å². The zero-order valence-electron chi connectivity index (χ0n) is 41.0. The number of pyridine rings is 3. The van der Waals surface area contributed by atoms with Crippen LogP contribution in [0.4, 0.5) is 22.7 Å². The second kappa shape index (κ2) is 30.6. The number of benzene rings is 4. The molecule has 0 fully saturated rings. The third-order valence-corrected chi connectivity index (χ3v) is 11.5. The zero-order chi connectivity index (χ0) is 47.3. The minimum atomic E-state index is 0. The van der Waals surface area contributed by atoms with Gasteiger partial charge in [-0.05, 0) is 108 Å². The number of likely N-dealkylation sites (N-methyl/N-ethyl adjacent to an activating group) is 4. The summed E-state index contributed by atoms with van der Waals surface area (Å²) in [7, 11) is 14.5. The lowest BCUT2D eigenvalue weighted by atomic mass is 10.1. The van der Waals surface area contributed by atoms with E-state index < -0.39 is 0 Å². The fourth-order valence-corrected chi connectivity index (χ4v) is 6.80. The maximum Gasteiger partial charge on any atom is 0.204 e. The molecule has 0 aliphatic rings. The van der Waals surface area contributed by atoms with Crippen LogP contribution in [0.25, 0.3) is 24.3 Å². The van der Waals surface area contributed by atoms with Crippen LogP contribution in [0.1, 0.15) is 48.9 Å². The Morgan fingerprint density at radius 2 is 0.638 bits per heavy atom. The van der Waals surface area contributed by atoms with Gasteiger partial charge in [-0.3, -0.25) is 9.59 Å². The van der Waals surface area contributed by atoms with Crippen molar-refractivity contribution >= 4 is 59.6 Å². The normalized spacial score (nSPS) is 10.2. The Morgan fingerprint density at radius 1 is 0.362 bits per heavy atom. The number of nitrogens with zero attached hydrogens (tertiary/aromatic N) is 7. The second-order valence-corrected chi connectivity index (χ2v) is 16.4. The molecule has 0 unspecified atom stereocenters. The molecule has 3 heterocycles. The van der Waals surface area contributed by atoms with Crippen LogP contribution in [0, 0.1) is 6.92 Å². The molecule has 0 amide bonds. The summed E-state index contributed by atoms with van der Waals surface area (Å²) in [5.41, 5.74) is 12.0. The van der Waals surface area contributed by atoms with E-state index in [-0.39, 0.29) is 37.2 Å². The number of hydrogen-bond acceptors (Lipinski definition) is 6. The summed E-state index contributed by atoms with van der Waals surface area (Å²) in [5, 5.41) is 0. The van der Waals surface area contributed by atoms with Gasteiger partial charge >= 0.3 is 0 Å². The van der Waals surface area contributed by atoms with Crippen molar-refractivity contribution in [3.8, 4) is 0 Å². The average Bonchev–Trinajstić information content (AvgIpc) is 3.36. The van der Waals surface area contributed by atoms with Crippen molar-refractivity contribution in [3.05, 3.63) is 210 Å². The number of halogens is 3. The van der Waals surface area contributed by atoms with E-state index in [1.807, 2.05) is 100 Å². The van der Waals surface area contributed by atoms with Gasteiger partial charge in [-0.2, -0.15) is 0 Å². The molecule has 0 spiro atoms. The van der Waals surface area contributed by atoms with Crippen LogP contribution in [0.5, 0.6) is 0 Å². The Kier molecular flexibility index (Phi) is 25.8. The lowest BCUT2D eigenvalue weighted by Crippen LogP contribution is -3.00.